The van der Waals surface area contributed by atoms with Gasteiger partial charge in [0.15, 0.2) is 0 Å². The third kappa shape index (κ3) is 3.92. The molecule has 0 unspecified atom stereocenters. The first-order chi connectivity index (χ1) is 8.49. The molecule has 0 aliphatic heterocycles. The van der Waals surface area contributed by atoms with Gasteiger partial charge in [0, 0.05) is 19.8 Å². The summed E-state index contributed by atoms with van der Waals surface area (Å²) in [5, 5.41) is 2.91. The van der Waals surface area contributed by atoms with E-state index in [9.17, 15) is 4.79 Å². The van der Waals surface area contributed by atoms with Gasteiger partial charge in [-0.1, -0.05) is 32.5 Å². The van der Waals surface area contributed by atoms with Crippen molar-refractivity contribution in [3.05, 3.63) is 0 Å². The molecule has 1 amide bonds. The van der Waals surface area contributed by atoms with E-state index in [1.807, 2.05) is 0 Å². The number of carbonyl (C=O) groups is 1. The van der Waals surface area contributed by atoms with Gasteiger partial charge in [-0.3, -0.25) is 4.79 Å². The summed E-state index contributed by atoms with van der Waals surface area (Å²) in [5.41, 5.74) is 5.10. The van der Waals surface area contributed by atoms with Gasteiger partial charge in [-0.05, 0) is 25.2 Å². The molecule has 104 valence electrons. The summed E-state index contributed by atoms with van der Waals surface area (Å²) in [4.78, 5) is 12.3. The van der Waals surface area contributed by atoms with Gasteiger partial charge in [-0.2, -0.15) is 0 Å². The fraction of sp³-hybridized carbons (Fsp3) is 0.846. The second-order valence-electron chi connectivity index (χ2n) is 5.38. The SMILES string of the molecule is CC(C)COCCCNC(=O)C1(C(N)=S)CCC1. The van der Waals surface area contributed by atoms with E-state index in [2.05, 4.69) is 19.2 Å². The van der Waals surface area contributed by atoms with Crippen LogP contribution < -0.4 is 11.1 Å². The van der Waals surface area contributed by atoms with Crippen LogP contribution in [-0.2, 0) is 9.53 Å². The summed E-state index contributed by atoms with van der Waals surface area (Å²) in [5.74, 6) is 0.539. The molecule has 0 aromatic rings. The molecule has 0 radical (unpaired) electrons. The van der Waals surface area contributed by atoms with Crippen LogP contribution in [0.1, 0.15) is 39.5 Å². The van der Waals surface area contributed by atoms with Crippen molar-refractivity contribution >= 4 is 23.1 Å². The molecular formula is C13H24N2O2S. The number of thiocarbonyl (C=S) groups is 1. The Morgan fingerprint density at radius 1 is 1.50 bits per heavy atom. The summed E-state index contributed by atoms with van der Waals surface area (Å²) in [7, 11) is 0. The Balaban J connectivity index is 2.15. The first kappa shape index (κ1) is 15.4. The van der Waals surface area contributed by atoms with Crippen LogP contribution in [-0.4, -0.2) is 30.7 Å². The predicted octanol–water partition coefficient (Wildman–Crippen LogP) is 1.62. The smallest absolute Gasteiger partial charge is 0.233 e. The molecule has 0 saturated heterocycles. The van der Waals surface area contributed by atoms with Crippen LogP contribution in [0.3, 0.4) is 0 Å². The van der Waals surface area contributed by atoms with Crippen LogP contribution in [0.2, 0.25) is 0 Å². The number of nitrogens with one attached hydrogen (secondary N) is 1. The summed E-state index contributed by atoms with van der Waals surface area (Å²) in [6.45, 7) is 6.30. The minimum absolute atomic E-state index is 0.00916. The summed E-state index contributed by atoms with van der Waals surface area (Å²) in [6, 6.07) is 0. The van der Waals surface area contributed by atoms with Gasteiger partial charge in [0.05, 0.1) is 10.4 Å². The highest BCUT2D eigenvalue weighted by Gasteiger charge is 2.46. The molecule has 1 aliphatic carbocycles. The third-order valence-electron chi connectivity index (χ3n) is 3.32. The Morgan fingerprint density at radius 3 is 2.61 bits per heavy atom. The number of rotatable bonds is 8. The summed E-state index contributed by atoms with van der Waals surface area (Å²) < 4.78 is 5.45. The van der Waals surface area contributed by atoms with Crippen molar-refractivity contribution in [3.63, 3.8) is 0 Å². The number of hydrogen-bond donors (Lipinski definition) is 2. The zero-order valence-corrected chi connectivity index (χ0v) is 12.1. The van der Waals surface area contributed by atoms with E-state index in [0.29, 0.717) is 24.1 Å². The summed E-state index contributed by atoms with van der Waals surface area (Å²) in [6.07, 6.45) is 3.43. The van der Waals surface area contributed by atoms with Crippen molar-refractivity contribution in [1.82, 2.24) is 5.32 Å². The predicted molar refractivity (Wildman–Crippen MR) is 76.4 cm³/mol. The Bertz CT molecular complexity index is 301. The van der Waals surface area contributed by atoms with Crippen LogP contribution in [0.15, 0.2) is 0 Å². The highest BCUT2D eigenvalue weighted by Crippen LogP contribution is 2.41. The second-order valence-corrected chi connectivity index (χ2v) is 5.82. The van der Waals surface area contributed by atoms with Crippen molar-refractivity contribution in [1.29, 1.82) is 0 Å². The van der Waals surface area contributed by atoms with Gasteiger partial charge in [0.2, 0.25) is 5.91 Å². The van der Waals surface area contributed by atoms with Crippen molar-refractivity contribution in [3.8, 4) is 0 Å². The quantitative estimate of drug-likeness (QED) is 0.520. The maximum Gasteiger partial charge on any atom is 0.233 e. The molecule has 1 saturated carbocycles. The van der Waals surface area contributed by atoms with E-state index < -0.39 is 5.41 Å². The van der Waals surface area contributed by atoms with E-state index in [0.717, 1.165) is 32.3 Å². The number of carbonyl (C=O) groups excluding carboxylic acids is 1. The molecule has 0 bridgehead atoms. The highest BCUT2D eigenvalue weighted by molar-refractivity contribution is 7.80. The van der Waals surface area contributed by atoms with Crippen LogP contribution in [0, 0.1) is 11.3 Å². The summed E-state index contributed by atoms with van der Waals surface area (Å²) >= 11 is 5.00. The molecule has 0 aromatic carbocycles. The normalized spacial score (nSPS) is 17.3. The van der Waals surface area contributed by atoms with E-state index >= 15 is 0 Å². The lowest BCUT2D eigenvalue weighted by atomic mass is 9.68. The molecule has 5 heteroatoms. The minimum Gasteiger partial charge on any atom is -0.392 e. The molecule has 0 spiro atoms. The topological polar surface area (TPSA) is 64.3 Å². The van der Waals surface area contributed by atoms with Crippen molar-refractivity contribution in [2.45, 2.75) is 39.5 Å². The van der Waals surface area contributed by atoms with Crippen molar-refractivity contribution in [2.24, 2.45) is 17.1 Å². The largest absolute Gasteiger partial charge is 0.392 e. The van der Waals surface area contributed by atoms with Crippen LogP contribution in [0.25, 0.3) is 0 Å². The lowest BCUT2D eigenvalue weighted by Crippen LogP contribution is -2.53. The van der Waals surface area contributed by atoms with E-state index in [1.165, 1.54) is 0 Å². The zero-order chi connectivity index (χ0) is 13.6. The van der Waals surface area contributed by atoms with Gasteiger partial charge >= 0.3 is 0 Å². The van der Waals surface area contributed by atoms with Crippen LogP contribution in [0.4, 0.5) is 0 Å². The van der Waals surface area contributed by atoms with Gasteiger partial charge in [-0.25, -0.2) is 0 Å². The van der Waals surface area contributed by atoms with E-state index in [1.54, 1.807) is 0 Å². The van der Waals surface area contributed by atoms with Gasteiger partial charge in [0.25, 0.3) is 0 Å². The number of ether oxygens (including phenoxy) is 1. The highest BCUT2D eigenvalue weighted by atomic mass is 32.1. The molecular weight excluding hydrogens is 248 g/mol. The first-order valence-corrected chi connectivity index (χ1v) is 7.06. The third-order valence-corrected chi connectivity index (χ3v) is 3.71. The number of amides is 1. The monoisotopic (exact) mass is 272 g/mol. The maximum absolute atomic E-state index is 12.0. The zero-order valence-electron chi connectivity index (χ0n) is 11.3. The lowest BCUT2D eigenvalue weighted by molar-refractivity contribution is -0.130. The molecule has 0 heterocycles. The van der Waals surface area contributed by atoms with Gasteiger partial charge in [0.1, 0.15) is 0 Å². The minimum atomic E-state index is -0.561. The fourth-order valence-corrected chi connectivity index (χ4v) is 2.28. The van der Waals surface area contributed by atoms with E-state index in [-0.39, 0.29) is 5.91 Å². The number of nitrogens with two attached hydrogens (primary N) is 1. The molecule has 0 atom stereocenters. The Hall–Kier alpha value is -0.680. The van der Waals surface area contributed by atoms with E-state index in [4.69, 9.17) is 22.7 Å². The Morgan fingerprint density at radius 2 is 2.17 bits per heavy atom. The average molecular weight is 272 g/mol. The van der Waals surface area contributed by atoms with Crippen LogP contribution in [0.5, 0.6) is 0 Å². The molecule has 1 rings (SSSR count). The Labute approximate surface area is 115 Å². The second kappa shape index (κ2) is 7.04. The molecule has 0 aromatic heterocycles. The van der Waals surface area contributed by atoms with Crippen LogP contribution >= 0.6 is 12.2 Å². The fourth-order valence-electron chi connectivity index (χ4n) is 1.98. The first-order valence-electron chi connectivity index (χ1n) is 6.65. The molecule has 4 nitrogen and oxygen atoms in total. The number of hydrogen-bond acceptors (Lipinski definition) is 3. The molecule has 3 N–H and O–H groups in total. The molecule has 1 aliphatic rings. The van der Waals surface area contributed by atoms with Crippen molar-refractivity contribution < 1.29 is 9.53 Å². The standard InChI is InChI=1S/C13H24N2O2S/c1-10(2)9-17-8-4-7-15-12(16)13(11(14)18)5-3-6-13/h10H,3-9H2,1-2H3,(H2,14,18)(H,15,16). The molecule has 1 fully saturated rings. The van der Waals surface area contributed by atoms with Gasteiger partial charge in [-0.15, -0.1) is 0 Å². The maximum atomic E-state index is 12.0. The Kier molecular flexibility index (Phi) is 6.02. The lowest BCUT2D eigenvalue weighted by Gasteiger charge is -2.39. The van der Waals surface area contributed by atoms with Crippen molar-refractivity contribution in [2.75, 3.05) is 19.8 Å². The van der Waals surface area contributed by atoms with Gasteiger partial charge < -0.3 is 15.8 Å². The average Bonchev–Trinajstić information content (AvgIpc) is 2.20. The molecule has 18 heavy (non-hydrogen) atoms.